The summed E-state index contributed by atoms with van der Waals surface area (Å²) in [5.41, 5.74) is 12.7. The van der Waals surface area contributed by atoms with Crippen LogP contribution in [-0.2, 0) is 10.8 Å². The highest BCUT2D eigenvalue weighted by molar-refractivity contribution is 6.12. The molecule has 0 fully saturated rings. The predicted molar refractivity (Wildman–Crippen MR) is 210 cm³/mol. The molecule has 3 aromatic heterocycles. The predicted octanol–water partition coefficient (Wildman–Crippen LogP) is 11.8. The van der Waals surface area contributed by atoms with Crippen LogP contribution in [0.5, 0.6) is 0 Å². The zero-order valence-corrected chi connectivity index (χ0v) is 29.2. The fourth-order valence-electron chi connectivity index (χ4n) is 8.73. The van der Waals surface area contributed by atoms with Crippen LogP contribution in [0.25, 0.3) is 27.6 Å². The van der Waals surface area contributed by atoms with Crippen molar-refractivity contribution in [1.82, 2.24) is 14.5 Å². The molecule has 0 saturated heterocycles. The van der Waals surface area contributed by atoms with E-state index in [4.69, 9.17) is 9.97 Å². The third-order valence-electron chi connectivity index (χ3n) is 11.2. The number of hydrogen-bond donors (Lipinski definition) is 0. The molecule has 0 atom stereocenters. The summed E-state index contributed by atoms with van der Waals surface area (Å²) in [4.78, 5) is 14.6. The van der Waals surface area contributed by atoms with Gasteiger partial charge < -0.3 is 4.90 Å². The summed E-state index contributed by atoms with van der Waals surface area (Å²) in [6.07, 6.45) is 3.79. The van der Waals surface area contributed by atoms with Gasteiger partial charge in [0, 0.05) is 56.6 Å². The Kier molecular flexibility index (Phi) is 6.20. The van der Waals surface area contributed by atoms with Gasteiger partial charge in [-0.3, -0.25) is 9.47 Å². The first-order valence-corrected chi connectivity index (χ1v) is 17.7. The maximum atomic E-state index is 5.01. The zero-order valence-electron chi connectivity index (χ0n) is 29.2. The second kappa shape index (κ2) is 10.6. The number of fused-ring (bicyclic) bond motifs is 7. The van der Waals surface area contributed by atoms with Crippen molar-refractivity contribution < 1.29 is 0 Å². The van der Waals surface area contributed by atoms with Crippen molar-refractivity contribution in [2.75, 3.05) is 9.80 Å². The summed E-state index contributed by atoms with van der Waals surface area (Å²) in [6.45, 7) is 9.28. The Hall–Kier alpha value is -6.20. The van der Waals surface area contributed by atoms with Crippen LogP contribution in [-0.4, -0.2) is 14.5 Å². The van der Waals surface area contributed by atoms with Gasteiger partial charge in [-0.1, -0.05) is 107 Å². The molecule has 2 aliphatic rings. The molecular formula is C46H37N5. The van der Waals surface area contributed by atoms with Crippen molar-refractivity contribution in [3.63, 3.8) is 0 Å². The zero-order chi connectivity index (χ0) is 34.5. The van der Waals surface area contributed by atoms with Crippen molar-refractivity contribution in [2.45, 2.75) is 38.5 Å². The Balaban J connectivity index is 1.23. The average Bonchev–Trinajstić information content (AvgIpc) is 3.49. The van der Waals surface area contributed by atoms with E-state index in [0.29, 0.717) is 0 Å². The number of anilines is 6. The van der Waals surface area contributed by atoms with E-state index in [1.165, 1.54) is 38.5 Å². The molecule has 8 aromatic rings. The fraction of sp³-hybridized carbons (Fsp3) is 0.130. The Morgan fingerprint density at radius 1 is 0.490 bits per heavy atom. The number of rotatable bonds is 4. The van der Waals surface area contributed by atoms with Crippen molar-refractivity contribution in [2.24, 2.45) is 0 Å². The van der Waals surface area contributed by atoms with E-state index in [9.17, 15) is 0 Å². The number of pyridine rings is 2. The standard InChI is InChI=1S/C46H37N5/c1-45(2)35-17-8-9-20-39(35)50(42-21-10-11-26-47-42)41-29-32(23-25-36(41)45)49(30-14-6-5-7-15-30)31-22-24-33-34-16-12-18-37-43(34)51(40(33)28-31)44-38(46(37,3)4)19-13-27-48-44/h5-29H,1-4H3. The van der Waals surface area contributed by atoms with Crippen LogP contribution in [0.3, 0.4) is 0 Å². The molecule has 0 N–H and O–H groups in total. The van der Waals surface area contributed by atoms with Gasteiger partial charge in [0.15, 0.2) is 0 Å². The lowest BCUT2D eigenvalue weighted by Gasteiger charge is -2.42. The lowest BCUT2D eigenvalue weighted by Crippen LogP contribution is -2.31. The lowest BCUT2D eigenvalue weighted by atomic mass is 9.73. The maximum Gasteiger partial charge on any atom is 0.141 e. The van der Waals surface area contributed by atoms with Crippen LogP contribution >= 0.6 is 0 Å². The summed E-state index contributed by atoms with van der Waals surface area (Å²) in [6, 6.07) is 50.4. The van der Waals surface area contributed by atoms with E-state index >= 15 is 0 Å². The van der Waals surface area contributed by atoms with Gasteiger partial charge in [0.1, 0.15) is 11.6 Å². The van der Waals surface area contributed by atoms with E-state index < -0.39 is 0 Å². The highest BCUT2D eigenvalue weighted by atomic mass is 15.2. The van der Waals surface area contributed by atoms with Crippen LogP contribution in [0.15, 0.2) is 152 Å². The second-order valence-electron chi connectivity index (χ2n) is 14.8. The molecule has 0 aliphatic carbocycles. The Labute approximate surface area is 298 Å². The van der Waals surface area contributed by atoms with Crippen LogP contribution in [0.2, 0.25) is 0 Å². The van der Waals surface area contributed by atoms with Crippen LogP contribution in [0, 0.1) is 0 Å². The maximum absolute atomic E-state index is 5.01. The first-order valence-electron chi connectivity index (χ1n) is 17.7. The molecule has 2 aliphatic heterocycles. The van der Waals surface area contributed by atoms with Gasteiger partial charge in [-0.05, 0) is 77.4 Å². The third-order valence-corrected chi connectivity index (χ3v) is 11.2. The van der Waals surface area contributed by atoms with E-state index in [1.807, 2.05) is 18.5 Å². The van der Waals surface area contributed by atoms with Gasteiger partial charge in [-0.2, -0.15) is 0 Å². The monoisotopic (exact) mass is 659 g/mol. The quantitative estimate of drug-likeness (QED) is 0.188. The summed E-state index contributed by atoms with van der Waals surface area (Å²) < 4.78 is 2.39. The van der Waals surface area contributed by atoms with Crippen molar-refractivity contribution in [1.29, 1.82) is 0 Å². The molecule has 5 aromatic carbocycles. The van der Waals surface area contributed by atoms with Crippen LogP contribution in [0.4, 0.5) is 34.3 Å². The summed E-state index contributed by atoms with van der Waals surface area (Å²) in [5, 5.41) is 2.48. The summed E-state index contributed by atoms with van der Waals surface area (Å²) in [5.74, 6) is 1.90. The molecule has 0 unspecified atom stereocenters. The topological polar surface area (TPSA) is 37.2 Å². The molecule has 5 nitrogen and oxygen atoms in total. The third kappa shape index (κ3) is 4.15. The largest absolute Gasteiger partial charge is 0.310 e. The molecule has 0 amide bonds. The van der Waals surface area contributed by atoms with Gasteiger partial charge in [-0.25, -0.2) is 9.97 Å². The number of hydrogen-bond acceptors (Lipinski definition) is 4. The second-order valence-corrected chi connectivity index (χ2v) is 14.8. The van der Waals surface area contributed by atoms with Crippen molar-refractivity contribution in [3.05, 3.63) is 174 Å². The molecule has 51 heavy (non-hydrogen) atoms. The average molecular weight is 660 g/mol. The minimum Gasteiger partial charge on any atom is -0.310 e. The van der Waals surface area contributed by atoms with Crippen molar-refractivity contribution >= 4 is 56.1 Å². The molecule has 5 heterocycles. The first-order chi connectivity index (χ1) is 24.8. The van der Waals surface area contributed by atoms with E-state index in [-0.39, 0.29) is 10.8 Å². The molecule has 0 bridgehead atoms. The van der Waals surface area contributed by atoms with Gasteiger partial charge in [0.25, 0.3) is 0 Å². The minimum absolute atomic E-state index is 0.165. The molecule has 10 rings (SSSR count). The molecule has 0 saturated carbocycles. The van der Waals surface area contributed by atoms with E-state index in [1.54, 1.807) is 0 Å². The molecule has 246 valence electrons. The Morgan fingerprint density at radius 3 is 2.02 bits per heavy atom. The highest BCUT2D eigenvalue weighted by Crippen LogP contribution is 2.53. The smallest absolute Gasteiger partial charge is 0.141 e. The summed E-state index contributed by atoms with van der Waals surface area (Å²) in [7, 11) is 0. The minimum atomic E-state index is -0.202. The van der Waals surface area contributed by atoms with Gasteiger partial charge in [0.2, 0.25) is 0 Å². The van der Waals surface area contributed by atoms with Crippen molar-refractivity contribution in [3.8, 4) is 5.82 Å². The number of nitrogens with zero attached hydrogens (tertiary/aromatic N) is 5. The molecular weight excluding hydrogens is 623 g/mol. The highest BCUT2D eigenvalue weighted by Gasteiger charge is 2.38. The normalized spacial score (nSPS) is 14.9. The number of aromatic nitrogens is 3. The molecule has 5 heteroatoms. The number of benzene rings is 5. The molecule has 0 radical (unpaired) electrons. The van der Waals surface area contributed by atoms with Gasteiger partial charge in [-0.15, -0.1) is 0 Å². The summed E-state index contributed by atoms with van der Waals surface area (Å²) >= 11 is 0. The first kappa shape index (κ1) is 29.7. The lowest BCUT2D eigenvalue weighted by molar-refractivity contribution is 0.624. The van der Waals surface area contributed by atoms with Crippen LogP contribution in [0.1, 0.15) is 49.9 Å². The van der Waals surface area contributed by atoms with Crippen LogP contribution < -0.4 is 9.80 Å². The Morgan fingerprint density at radius 2 is 1.18 bits per heavy atom. The Bertz CT molecular complexity index is 2650. The van der Waals surface area contributed by atoms with Gasteiger partial charge >= 0.3 is 0 Å². The number of para-hydroxylation sites is 3. The fourth-order valence-corrected chi connectivity index (χ4v) is 8.73. The van der Waals surface area contributed by atoms with E-state index in [2.05, 4.69) is 176 Å². The molecule has 0 spiro atoms. The van der Waals surface area contributed by atoms with Gasteiger partial charge in [0.05, 0.1) is 22.4 Å². The van der Waals surface area contributed by atoms with E-state index in [0.717, 1.165) is 45.6 Å². The SMILES string of the molecule is CC1(C)c2ccccc2N(c2ccccn2)c2cc(N(c3ccccc3)c3ccc4c5cccc6c5n(c4c3)-c3ncccc3C6(C)C)ccc21.